The van der Waals surface area contributed by atoms with Crippen LogP contribution in [0.5, 0.6) is 0 Å². The lowest BCUT2D eigenvalue weighted by molar-refractivity contribution is 0.670. The molecule has 9 rings (SSSR count). The lowest BCUT2D eigenvalue weighted by Gasteiger charge is -2.25. The zero-order chi connectivity index (χ0) is 26.9. The van der Waals surface area contributed by atoms with E-state index in [1.807, 2.05) is 36.7 Å². The molecule has 0 aliphatic heterocycles. The molecule has 0 radical (unpaired) electrons. The van der Waals surface area contributed by atoms with Crippen molar-refractivity contribution in [2.75, 3.05) is 0 Å². The van der Waals surface area contributed by atoms with Crippen LogP contribution in [0.15, 0.2) is 138 Å². The highest BCUT2D eigenvalue weighted by Gasteiger charge is 2.27. The molecular weight excluding hydrogens is 500 g/mol. The number of furan rings is 1. The van der Waals surface area contributed by atoms with E-state index in [1.54, 1.807) is 0 Å². The summed E-state index contributed by atoms with van der Waals surface area (Å²) in [6.45, 7) is 0. The Hall–Kier alpha value is -5.54. The molecule has 0 saturated heterocycles. The first-order valence-electron chi connectivity index (χ1n) is 13.8. The molecule has 0 N–H and O–H groups in total. The Balaban J connectivity index is 1.47. The van der Waals surface area contributed by atoms with Gasteiger partial charge in [0.15, 0.2) is 0 Å². The normalized spacial score (nSPS) is 11.9. The van der Waals surface area contributed by atoms with Gasteiger partial charge in [-0.3, -0.25) is 9.97 Å². The maximum Gasteiger partial charge on any atom is 0.143 e. The molecule has 1 aliphatic carbocycles. The second-order valence-electron chi connectivity index (χ2n) is 10.5. The molecule has 0 unspecified atom stereocenters. The van der Waals surface area contributed by atoms with Crippen LogP contribution in [0.2, 0.25) is 0 Å². The average Bonchev–Trinajstić information content (AvgIpc) is 3.42. The first-order valence-corrected chi connectivity index (χ1v) is 13.8. The Morgan fingerprint density at radius 1 is 0.415 bits per heavy atom. The number of hydrogen-bond donors (Lipinski definition) is 0. The van der Waals surface area contributed by atoms with Gasteiger partial charge in [0, 0.05) is 39.9 Å². The predicted molar refractivity (Wildman–Crippen MR) is 168 cm³/mol. The average molecular weight is 523 g/mol. The van der Waals surface area contributed by atoms with E-state index in [1.165, 1.54) is 22.3 Å². The highest BCUT2D eigenvalue weighted by atomic mass is 16.3. The van der Waals surface area contributed by atoms with Crippen LogP contribution < -0.4 is 0 Å². The van der Waals surface area contributed by atoms with Crippen LogP contribution in [0.3, 0.4) is 0 Å². The molecule has 3 nitrogen and oxygen atoms in total. The molecule has 41 heavy (non-hydrogen) atoms. The Bertz CT molecular complexity index is 2330. The summed E-state index contributed by atoms with van der Waals surface area (Å²) in [4.78, 5) is 9.76. The van der Waals surface area contributed by atoms with Gasteiger partial charge >= 0.3 is 0 Å². The zero-order valence-corrected chi connectivity index (χ0v) is 22.0. The topological polar surface area (TPSA) is 38.9 Å². The van der Waals surface area contributed by atoms with Crippen LogP contribution in [-0.2, 0) is 0 Å². The molecule has 3 heteroatoms. The third kappa shape index (κ3) is 3.14. The maximum absolute atomic E-state index is 6.53. The summed E-state index contributed by atoms with van der Waals surface area (Å²) in [5, 5.41) is 2.25. The molecule has 0 saturated carbocycles. The van der Waals surface area contributed by atoms with Gasteiger partial charge in [0.1, 0.15) is 11.2 Å². The van der Waals surface area contributed by atoms with E-state index in [0.29, 0.717) is 0 Å². The third-order valence-electron chi connectivity index (χ3n) is 8.36. The molecule has 190 valence electrons. The van der Waals surface area contributed by atoms with Crippen LogP contribution in [0.1, 0.15) is 0 Å². The van der Waals surface area contributed by atoms with Crippen LogP contribution in [0.4, 0.5) is 0 Å². The van der Waals surface area contributed by atoms with Gasteiger partial charge in [0.2, 0.25) is 0 Å². The number of aromatic nitrogens is 2. The van der Waals surface area contributed by atoms with Crippen molar-refractivity contribution in [2.24, 2.45) is 0 Å². The lowest BCUT2D eigenvalue weighted by atomic mass is 9.78. The van der Waals surface area contributed by atoms with Crippen molar-refractivity contribution in [3.8, 4) is 55.6 Å². The van der Waals surface area contributed by atoms with Crippen molar-refractivity contribution >= 4 is 33.0 Å². The Labute approximate surface area is 236 Å². The van der Waals surface area contributed by atoms with E-state index in [4.69, 9.17) is 14.4 Å². The number of hydrogen-bond acceptors (Lipinski definition) is 3. The van der Waals surface area contributed by atoms with E-state index >= 15 is 0 Å². The number of pyridine rings is 2. The van der Waals surface area contributed by atoms with Gasteiger partial charge in [-0.2, -0.15) is 0 Å². The SMILES string of the molecule is c1ccc2c(c1)-c1ccccc1-c1c(cnc3cccnc13)-c1cccc(-c3cccc4c3oc3ccccc34)c1-2. The summed E-state index contributed by atoms with van der Waals surface area (Å²) >= 11 is 0. The van der Waals surface area contributed by atoms with E-state index < -0.39 is 0 Å². The Kier molecular flexibility index (Phi) is 4.61. The Morgan fingerprint density at radius 2 is 1.02 bits per heavy atom. The molecule has 3 heterocycles. The van der Waals surface area contributed by atoms with E-state index in [2.05, 4.69) is 97.1 Å². The van der Waals surface area contributed by atoms with Gasteiger partial charge in [-0.1, -0.05) is 103 Å². The molecule has 0 amide bonds. The standard InChI is InChI=1S/C38H22N2O/c1-3-13-26-23(10-1)24-11-2-4-14-27(24)36-32(22-40-33-19-9-21-39-37(33)36)29-16-7-15-28(35(26)29)31-18-8-17-30-25-12-5-6-20-34(25)41-38(30)31/h1-22H. The molecule has 1 aliphatic rings. The predicted octanol–water partition coefficient (Wildman–Crippen LogP) is 10.2. The summed E-state index contributed by atoms with van der Waals surface area (Å²) in [5.41, 5.74) is 15.0. The fraction of sp³-hybridized carbons (Fsp3) is 0. The van der Waals surface area contributed by atoms with Crippen molar-refractivity contribution in [3.05, 3.63) is 134 Å². The van der Waals surface area contributed by atoms with Gasteiger partial charge < -0.3 is 4.42 Å². The maximum atomic E-state index is 6.53. The van der Waals surface area contributed by atoms with Gasteiger partial charge in [0.25, 0.3) is 0 Å². The smallest absolute Gasteiger partial charge is 0.143 e. The fourth-order valence-electron chi connectivity index (χ4n) is 6.62. The molecule has 0 atom stereocenters. The molecule has 3 aromatic heterocycles. The molecule has 0 bridgehead atoms. The second-order valence-corrected chi connectivity index (χ2v) is 10.5. The molecular formula is C38H22N2O. The minimum atomic E-state index is 0.889. The monoisotopic (exact) mass is 522 g/mol. The first kappa shape index (κ1) is 22.3. The quantitative estimate of drug-likeness (QED) is 0.215. The molecule has 8 aromatic rings. The number of nitrogens with zero attached hydrogens (tertiary/aromatic N) is 2. The largest absolute Gasteiger partial charge is 0.455 e. The molecule has 0 fully saturated rings. The number of benzene rings is 5. The third-order valence-corrected chi connectivity index (χ3v) is 8.36. The van der Waals surface area contributed by atoms with E-state index in [9.17, 15) is 0 Å². The summed E-state index contributed by atoms with van der Waals surface area (Å²) in [6, 6.07) is 42.7. The van der Waals surface area contributed by atoms with Gasteiger partial charge in [-0.25, -0.2) is 0 Å². The van der Waals surface area contributed by atoms with Gasteiger partial charge in [-0.15, -0.1) is 0 Å². The van der Waals surface area contributed by atoms with Crippen molar-refractivity contribution in [3.63, 3.8) is 0 Å². The molecule has 0 spiro atoms. The van der Waals surface area contributed by atoms with Gasteiger partial charge in [0.05, 0.1) is 11.0 Å². The highest BCUT2D eigenvalue weighted by Crippen LogP contribution is 2.52. The summed E-state index contributed by atoms with van der Waals surface area (Å²) < 4.78 is 6.53. The van der Waals surface area contributed by atoms with Crippen LogP contribution in [-0.4, -0.2) is 9.97 Å². The number of fused-ring (bicyclic) bond motifs is 13. The summed E-state index contributed by atoms with van der Waals surface area (Å²) in [6.07, 6.45) is 3.88. The second kappa shape index (κ2) is 8.48. The first-order chi connectivity index (χ1) is 20.4. The van der Waals surface area contributed by atoms with E-state index in [0.717, 1.165) is 66.4 Å². The van der Waals surface area contributed by atoms with E-state index in [-0.39, 0.29) is 0 Å². The zero-order valence-electron chi connectivity index (χ0n) is 22.0. The lowest BCUT2D eigenvalue weighted by Crippen LogP contribution is -2.01. The van der Waals surface area contributed by atoms with Crippen molar-refractivity contribution in [1.29, 1.82) is 0 Å². The van der Waals surface area contributed by atoms with Gasteiger partial charge in [-0.05, 0) is 57.1 Å². The Morgan fingerprint density at radius 3 is 1.85 bits per heavy atom. The number of para-hydroxylation sites is 2. The van der Waals surface area contributed by atoms with Crippen molar-refractivity contribution < 1.29 is 4.42 Å². The van der Waals surface area contributed by atoms with Crippen molar-refractivity contribution in [2.45, 2.75) is 0 Å². The summed E-state index contributed by atoms with van der Waals surface area (Å²) in [7, 11) is 0. The van der Waals surface area contributed by atoms with Crippen LogP contribution in [0.25, 0.3) is 88.6 Å². The van der Waals surface area contributed by atoms with Crippen molar-refractivity contribution in [1.82, 2.24) is 9.97 Å². The number of rotatable bonds is 1. The molecule has 5 aromatic carbocycles. The highest BCUT2D eigenvalue weighted by molar-refractivity contribution is 6.15. The van der Waals surface area contributed by atoms with Crippen LogP contribution in [0, 0.1) is 0 Å². The summed E-state index contributed by atoms with van der Waals surface area (Å²) in [5.74, 6) is 0. The van der Waals surface area contributed by atoms with Crippen LogP contribution >= 0.6 is 0 Å². The fourth-order valence-corrected chi connectivity index (χ4v) is 6.62. The minimum Gasteiger partial charge on any atom is -0.455 e. The minimum absolute atomic E-state index is 0.889.